The van der Waals surface area contributed by atoms with Gasteiger partial charge >= 0.3 is 0 Å². The van der Waals surface area contributed by atoms with Crippen molar-refractivity contribution in [2.24, 2.45) is 7.05 Å². The van der Waals surface area contributed by atoms with Crippen molar-refractivity contribution in [1.29, 1.82) is 0 Å². The summed E-state index contributed by atoms with van der Waals surface area (Å²) in [6.45, 7) is 1.82. The van der Waals surface area contributed by atoms with E-state index in [0.717, 1.165) is 20.2 Å². The molecule has 0 aliphatic heterocycles. The Hall–Kier alpha value is -0.910. The quantitative estimate of drug-likeness (QED) is 0.550. The highest BCUT2D eigenvalue weighted by molar-refractivity contribution is 14.1. The third-order valence-corrected chi connectivity index (χ3v) is 3.14. The number of hydrogen-bond donors (Lipinski definition) is 0. The van der Waals surface area contributed by atoms with E-state index in [1.54, 1.807) is 17.8 Å². The molecule has 0 unspecified atom stereocenters. The molecular weight excluding hydrogens is 291 g/mol. The first-order valence-corrected chi connectivity index (χ1v) is 5.30. The number of hydrogen-bond acceptors (Lipinski definition) is 2. The highest BCUT2D eigenvalue weighted by atomic mass is 127. The molecule has 0 bridgehead atoms. The molecule has 0 aromatic carbocycles. The number of rotatable bonds is 0. The number of aromatic nitrogens is 2. The van der Waals surface area contributed by atoms with Gasteiger partial charge in [-0.05, 0) is 41.6 Å². The van der Waals surface area contributed by atoms with Crippen molar-refractivity contribution in [2.75, 3.05) is 0 Å². The van der Waals surface area contributed by atoms with Gasteiger partial charge in [-0.2, -0.15) is 0 Å². The van der Waals surface area contributed by atoms with Gasteiger partial charge in [0.25, 0.3) is 5.56 Å². The number of halogens is 1. The monoisotopic (exact) mass is 300 g/mol. The Morgan fingerprint density at radius 2 is 2.21 bits per heavy atom. The second-order valence-corrected chi connectivity index (χ2v) is 4.25. The first kappa shape index (κ1) is 9.64. The van der Waals surface area contributed by atoms with Crippen LogP contribution in [0.25, 0.3) is 10.9 Å². The minimum Gasteiger partial charge on any atom is -0.311 e. The molecule has 0 N–H and O–H groups in total. The molecule has 0 spiro atoms. The SMILES string of the molecule is Cc1cc2c(I)nccc2n(C)c1=O. The molecule has 3 nitrogen and oxygen atoms in total. The maximum atomic E-state index is 11.6. The minimum absolute atomic E-state index is 0.0551. The van der Waals surface area contributed by atoms with E-state index in [-0.39, 0.29) is 5.56 Å². The predicted octanol–water partition coefficient (Wildman–Crippen LogP) is 1.85. The van der Waals surface area contributed by atoms with E-state index < -0.39 is 0 Å². The summed E-state index contributed by atoms with van der Waals surface area (Å²) >= 11 is 2.18. The number of nitrogens with zero attached hydrogens (tertiary/aromatic N) is 2. The molecule has 2 rings (SSSR count). The summed E-state index contributed by atoms with van der Waals surface area (Å²) < 4.78 is 2.59. The lowest BCUT2D eigenvalue weighted by Gasteiger charge is -2.06. The maximum absolute atomic E-state index is 11.6. The second-order valence-electron chi connectivity index (χ2n) is 3.23. The molecule has 72 valence electrons. The topological polar surface area (TPSA) is 34.9 Å². The van der Waals surface area contributed by atoms with E-state index in [9.17, 15) is 4.79 Å². The molecule has 2 aromatic rings. The van der Waals surface area contributed by atoms with Crippen molar-refractivity contribution < 1.29 is 0 Å². The highest BCUT2D eigenvalue weighted by Crippen LogP contribution is 2.16. The lowest BCUT2D eigenvalue weighted by Crippen LogP contribution is -2.19. The van der Waals surface area contributed by atoms with E-state index in [4.69, 9.17) is 0 Å². The molecule has 2 aromatic heterocycles. The van der Waals surface area contributed by atoms with Crippen LogP contribution in [-0.4, -0.2) is 9.55 Å². The summed E-state index contributed by atoms with van der Waals surface area (Å²) in [7, 11) is 1.79. The minimum atomic E-state index is 0.0551. The Bertz CT molecular complexity index is 560. The molecule has 0 amide bonds. The van der Waals surface area contributed by atoms with Gasteiger partial charge < -0.3 is 4.57 Å². The molecule has 0 saturated carbocycles. The molecule has 2 heterocycles. The molecule has 0 saturated heterocycles. The van der Waals surface area contributed by atoms with Crippen molar-refractivity contribution in [3.05, 3.63) is 37.9 Å². The van der Waals surface area contributed by atoms with Crippen LogP contribution in [0.2, 0.25) is 0 Å². The molecule has 0 fully saturated rings. The van der Waals surface area contributed by atoms with Gasteiger partial charge in [0.15, 0.2) is 0 Å². The summed E-state index contributed by atoms with van der Waals surface area (Å²) in [5, 5.41) is 1.03. The van der Waals surface area contributed by atoms with Crippen molar-refractivity contribution in [3.8, 4) is 0 Å². The molecular formula is C10H9IN2O. The fourth-order valence-electron chi connectivity index (χ4n) is 1.52. The molecule has 14 heavy (non-hydrogen) atoms. The number of fused-ring (bicyclic) bond motifs is 1. The van der Waals surface area contributed by atoms with Crippen LogP contribution in [0.4, 0.5) is 0 Å². The van der Waals surface area contributed by atoms with Crippen molar-refractivity contribution >= 4 is 33.5 Å². The summed E-state index contributed by atoms with van der Waals surface area (Å²) in [6, 6.07) is 3.75. The zero-order chi connectivity index (χ0) is 10.3. The Morgan fingerprint density at radius 3 is 2.93 bits per heavy atom. The van der Waals surface area contributed by atoms with Gasteiger partial charge in [0.05, 0.1) is 5.52 Å². The number of aryl methyl sites for hydroxylation is 2. The van der Waals surface area contributed by atoms with E-state index >= 15 is 0 Å². The Balaban J connectivity index is 3.06. The number of pyridine rings is 2. The second kappa shape index (κ2) is 3.34. The first-order chi connectivity index (χ1) is 6.61. The van der Waals surface area contributed by atoms with Gasteiger partial charge in [-0.25, -0.2) is 4.98 Å². The standard InChI is InChI=1S/C10H9IN2O/c1-6-5-7-8(13(2)10(6)14)3-4-12-9(7)11/h3-5H,1-2H3. The first-order valence-electron chi connectivity index (χ1n) is 4.22. The van der Waals surface area contributed by atoms with E-state index in [0.29, 0.717) is 0 Å². The average Bonchev–Trinajstić information content (AvgIpc) is 2.17. The summed E-state index contributed by atoms with van der Waals surface area (Å²) in [5.74, 6) is 0. The summed E-state index contributed by atoms with van der Waals surface area (Å²) in [6.07, 6.45) is 1.72. The molecule has 4 heteroatoms. The lowest BCUT2D eigenvalue weighted by atomic mass is 10.2. The van der Waals surface area contributed by atoms with Crippen LogP contribution < -0.4 is 5.56 Å². The zero-order valence-corrected chi connectivity index (χ0v) is 10.1. The van der Waals surface area contributed by atoms with Crippen LogP contribution in [0.1, 0.15) is 5.56 Å². The Morgan fingerprint density at radius 1 is 1.50 bits per heavy atom. The van der Waals surface area contributed by atoms with E-state index in [1.165, 1.54) is 0 Å². The fraction of sp³-hybridized carbons (Fsp3) is 0.200. The van der Waals surface area contributed by atoms with Gasteiger partial charge in [-0.15, -0.1) is 0 Å². The molecule has 0 aliphatic rings. The molecule has 0 radical (unpaired) electrons. The largest absolute Gasteiger partial charge is 0.311 e. The Labute approximate surface area is 94.9 Å². The maximum Gasteiger partial charge on any atom is 0.253 e. The van der Waals surface area contributed by atoms with Gasteiger partial charge in [-0.3, -0.25) is 4.79 Å². The molecule has 0 atom stereocenters. The smallest absolute Gasteiger partial charge is 0.253 e. The molecule has 0 aliphatic carbocycles. The lowest BCUT2D eigenvalue weighted by molar-refractivity contribution is 0.891. The van der Waals surface area contributed by atoms with E-state index in [1.807, 2.05) is 19.1 Å². The zero-order valence-electron chi connectivity index (χ0n) is 7.91. The predicted molar refractivity (Wildman–Crippen MR) is 64.4 cm³/mol. The highest BCUT2D eigenvalue weighted by Gasteiger charge is 2.05. The van der Waals surface area contributed by atoms with Crippen LogP contribution >= 0.6 is 22.6 Å². The van der Waals surface area contributed by atoms with Crippen LogP contribution in [-0.2, 0) is 7.05 Å². The third-order valence-electron chi connectivity index (χ3n) is 2.28. The van der Waals surface area contributed by atoms with Crippen LogP contribution in [0.5, 0.6) is 0 Å². The van der Waals surface area contributed by atoms with Gasteiger partial charge in [-0.1, -0.05) is 0 Å². The fourth-order valence-corrected chi connectivity index (χ4v) is 2.11. The van der Waals surface area contributed by atoms with E-state index in [2.05, 4.69) is 27.6 Å². The Kier molecular flexibility index (Phi) is 2.30. The third kappa shape index (κ3) is 1.33. The summed E-state index contributed by atoms with van der Waals surface area (Å²) in [5.41, 5.74) is 1.74. The van der Waals surface area contributed by atoms with Crippen LogP contribution in [0.3, 0.4) is 0 Å². The van der Waals surface area contributed by atoms with Crippen molar-refractivity contribution in [2.45, 2.75) is 6.92 Å². The van der Waals surface area contributed by atoms with Crippen molar-refractivity contribution in [3.63, 3.8) is 0 Å². The van der Waals surface area contributed by atoms with Crippen LogP contribution in [0, 0.1) is 10.6 Å². The van der Waals surface area contributed by atoms with Gasteiger partial charge in [0.2, 0.25) is 0 Å². The summed E-state index contributed by atoms with van der Waals surface area (Å²) in [4.78, 5) is 15.8. The normalized spacial score (nSPS) is 10.8. The van der Waals surface area contributed by atoms with Gasteiger partial charge in [0.1, 0.15) is 3.70 Å². The van der Waals surface area contributed by atoms with Crippen LogP contribution in [0.15, 0.2) is 23.1 Å². The van der Waals surface area contributed by atoms with Crippen molar-refractivity contribution in [1.82, 2.24) is 9.55 Å². The average molecular weight is 300 g/mol. The van der Waals surface area contributed by atoms with Gasteiger partial charge in [0, 0.05) is 24.2 Å².